The fraction of sp³-hybridized carbons (Fsp3) is 0.917. The summed E-state index contributed by atoms with van der Waals surface area (Å²) in [5, 5.41) is 3.79. The highest BCUT2D eigenvalue weighted by Crippen LogP contribution is 2.39. The highest BCUT2D eigenvalue weighted by atomic mass is 32.1. The van der Waals surface area contributed by atoms with Gasteiger partial charge in [-0.05, 0) is 36.9 Å². The van der Waals surface area contributed by atoms with Crippen LogP contribution in [0, 0.1) is 11.8 Å². The lowest BCUT2D eigenvalue weighted by Gasteiger charge is -2.32. The van der Waals surface area contributed by atoms with Crippen LogP contribution in [0.15, 0.2) is 0 Å². The SMILES string of the molecule is NC(=S)N[C@@H]1CCC[C@@H]1C1CCCCC1. The van der Waals surface area contributed by atoms with Crippen LogP contribution in [0.1, 0.15) is 51.4 Å². The Hall–Kier alpha value is -0.310. The minimum Gasteiger partial charge on any atom is -0.376 e. The predicted octanol–water partition coefficient (Wildman–Crippen LogP) is 2.57. The van der Waals surface area contributed by atoms with Crippen LogP contribution in [0.25, 0.3) is 0 Å². The van der Waals surface area contributed by atoms with Gasteiger partial charge in [0.2, 0.25) is 0 Å². The van der Waals surface area contributed by atoms with Gasteiger partial charge in [-0.2, -0.15) is 0 Å². The molecule has 0 saturated heterocycles. The molecule has 2 aliphatic carbocycles. The summed E-state index contributed by atoms with van der Waals surface area (Å²) in [5.41, 5.74) is 5.58. The van der Waals surface area contributed by atoms with E-state index in [2.05, 4.69) is 5.32 Å². The van der Waals surface area contributed by atoms with Gasteiger partial charge in [-0.3, -0.25) is 0 Å². The van der Waals surface area contributed by atoms with Crippen molar-refractivity contribution in [2.75, 3.05) is 0 Å². The second-order valence-electron chi connectivity index (χ2n) is 5.11. The van der Waals surface area contributed by atoms with Gasteiger partial charge in [-0.15, -0.1) is 0 Å². The van der Waals surface area contributed by atoms with Crippen molar-refractivity contribution >= 4 is 17.3 Å². The molecule has 0 amide bonds. The van der Waals surface area contributed by atoms with E-state index in [0.29, 0.717) is 11.2 Å². The minimum absolute atomic E-state index is 0.489. The molecule has 2 fully saturated rings. The summed E-state index contributed by atoms with van der Waals surface area (Å²) >= 11 is 4.95. The van der Waals surface area contributed by atoms with Crippen molar-refractivity contribution in [3.63, 3.8) is 0 Å². The molecule has 0 aliphatic heterocycles. The van der Waals surface area contributed by atoms with Crippen molar-refractivity contribution in [3.05, 3.63) is 0 Å². The van der Waals surface area contributed by atoms with Gasteiger partial charge in [-0.25, -0.2) is 0 Å². The van der Waals surface area contributed by atoms with E-state index in [1.807, 2.05) is 0 Å². The Morgan fingerprint density at radius 1 is 1.00 bits per heavy atom. The molecule has 3 heteroatoms. The van der Waals surface area contributed by atoms with Crippen molar-refractivity contribution in [2.24, 2.45) is 17.6 Å². The largest absolute Gasteiger partial charge is 0.376 e. The van der Waals surface area contributed by atoms with E-state index in [9.17, 15) is 0 Å². The Kier molecular flexibility index (Phi) is 3.84. The predicted molar refractivity (Wildman–Crippen MR) is 67.6 cm³/mol. The molecule has 0 aromatic rings. The van der Waals surface area contributed by atoms with Crippen LogP contribution in [0.4, 0.5) is 0 Å². The van der Waals surface area contributed by atoms with Gasteiger partial charge in [0, 0.05) is 6.04 Å². The second-order valence-corrected chi connectivity index (χ2v) is 5.55. The normalized spacial score (nSPS) is 32.8. The van der Waals surface area contributed by atoms with E-state index in [-0.39, 0.29) is 0 Å². The van der Waals surface area contributed by atoms with Gasteiger partial charge in [-0.1, -0.05) is 38.5 Å². The fourth-order valence-electron chi connectivity index (χ4n) is 3.48. The molecule has 2 saturated carbocycles. The molecule has 0 spiro atoms. The molecule has 2 nitrogen and oxygen atoms in total. The molecule has 86 valence electrons. The Morgan fingerprint density at radius 2 is 1.73 bits per heavy atom. The Labute approximate surface area is 98.0 Å². The molecule has 0 unspecified atom stereocenters. The first-order valence-corrected chi connectivity index (χ1v) is 6.74. The zero-order valence-corrected chi connectivity index (χ0v) is 10.2. The maximum Gasteiger partial charge on any atom is 0.163 e. The molecule has 3 N–H and O–H groups in total. The zero-order chi connectivity index (χ0) is 10.7. The fourth-order valence-corrected chi connectivity index (χ4v) is 3.63. The van der Waals surface area contributed by atoms with Crippen LogP contribution < -0.4 is 11.1 Å². The monoisotopic (exact) mass is 226 g/mol. The van der Waals surface area contributed by atoms with Gasteiger partial charge in [0.1, 0.15) is 0 Å². The summed E-state index contributed by atoms with van der Waals surface area (Å²) in [4.78, 5) is 0. The molecular weight excluding hydrogens is 204 g/mol. The van der Waals surface area contributed by atoms with Gasteiger partial charge in [0.05, 0.1) is 0 Å². The minimum atomic E-state index is 0.489. The molecule has 0 aromatic carbocycles. The first-order valence-electron chi connectivity index (χ1n) is 6.33. The van der Waals surface area contributed by atoms with E-state index in [1.54, 1.807) is 0 Å². The molecule has 0 heterocycles. The highest BCUT2D eigenvalue weighted by Gasteiger charge is 2.34. The Balaban J connectivity index is 1.91. The van der Waals surface area contributed by atoms with Crippen LogP contribution in [-0.2, 0) is 0 Å². The van der Waals surface area contributed by atoms with Gasteiger partial charge in [0.25, 0.3) is 0 Å². The Bertz CT molecular complexity index is 224. The van der Waals surface area contributed by atoms with Gasteiger partial charge >= 0.3 is 0 Å². The average molecular weight is 226 g/mol. The van der Waals surface area contributed by atoms with Crippen molar-refractivity contribution in [1.29, 1.82) is 0 Å². The van der Waals surface area contributed by atoms with E-state index in [1.165, 1.54) is 51.4 Å². The molecular formula is C12H22N2S. The maximum atomic E-state index is 5.58. The van der Waals surface area contributed by atoms with E-state index < -0.39 is 0 Å². The summed E-state index contributed by atoms with van der Waals surface area (Å²) in [5.74, 6) is 1.78. The molecule has 2 aliphatic rings. The van der Waals surface area contributed by atoms with Gasteiger partial charge in [0.15, 0.2) is 5.11 Å². The molecule has 2 atom stereocenters. The maximum absolute atomic E-state index is 5.58. The van der Waals surface area contributed by atoms with E-state index >= 15 is 0 Å². The second kappa shape index (κ2) is 5.15. The standard InChI is InChI=1S/C12H22N2S/c13-12(15)14-11-8-4-7-10(11)9-5-2-1-3-6-9/h9-11H,1-8H2,(H3,13,14,15)/t10-,11-/m1/s1. The molecule has 0 aromatic heterocycles. The van der Waals surface area contributed by atoms with Crippen LogP contribution in [0.5, 0.6) is 0 Å². The van der Waals surface area contributed by atoms with Crippen molar-refractivity contribution in [2.45, 2.75) is 57.4 Å². The van der Waals surface area contributed by atoms with Crippen LogP contribution in [0.2, 0.25) is 0 Å². The lowest BCUT2D eigenvalue weighted by molar-refractivity contribution is 0.227. The van der Waals surface area contributed by atoms with E-state index in [0.717, 1.165) is 11.8 Å². The van der Waals surface area contributed by atoms with Crippen LogP contribution >= 0.6 is 12.2 Å². The average Bonchev–Trinajstić information content (AvgIpc) is 2.66. The van der Waals surface area contributed by atoms with Crippen molar-refractivity contribution in [3.8, 4) is 0 Å². The first-order chi connectivity index (χ1) is 7.27. The summed E-state index contributed by atoms with van der Waals surface area (Å²) in [7, 11) is 0. The third-order valence-electron chi connectivity index (χ3n) is 4.15. The summed E-state index contributed by atoms with van der Waals surface area (Å²) in [6, 6.07) is 0.575. The smallest absolute Gasteiger partial charge is 0.163 e. The number of hydrogen-bond acceptors (Lipinski definition) is 1. The summed E-state index contributed by atoms with van der Waals surface area (Å²) < 4.78 is 0. The third kappa shape index (κ3) is 2.83. The lowest BCUT2D eigenvalue weighted by Crippen LogP contribution is -2.42. The number of nitrogens with one attached hydrogen (secondary N) is 1. The molecule has 2 rings (SSSR count). The third-order valence-corrected chi connectivity index (χ3v) is 4.27. The van der Waals surface area contributed by atoms with Gasteiger partial charge < -0.3 is 11.1 Å². The topological polar surface area (TPSA) is 38.0 Å². The van der Waals surface area contributed by atoms with Crippen LogP contribution in [0.3, 0.4) is 0 Å². The molecule has 0 radical (unpaired) electrons. The number of nitrogens with two attached hydrogens (primary N) is 1. The van der Waals surface area contributed by atoms with Crippen LogP contribution in [-0.4, -0.2) is 11.2 Å². The molecule has 15 heavy (non-hydrogen) atoms. The van der Waals surface area contributed by atoms with Crippen molar-refractivity contribution < 1.29 is 0 Å². The zero-order valence-electron chi connectivity index (χ0n) is 9.37. The van der Waals surface area contributed by atoms with Crippen molar-refractivity contribution in [1.82, 2.24) is 5.32 Å². The quantitative estimate of drug-likeness (QED) is 0.711. The van der Waals surface area contributed by atoms with E-state index in [4.69, 9.17) is 18.0 Å². The first kappa shape index (κ1) is 11.2. The Morgan fingerprint density at radius 3 is 2.40 bits per heavy atom. The molecule has 0 bridgehead atoms. The number of hydrogen-bond donors (Lipinski definition) is 2. The number of thiocarbonyl (C=S) groups is 1. The summed E-state index contributed by atoms with van der Waals surface area (Å²) in [6.07, 6.45) is 11.2. The lowest BCUT2D eigenvalue weighted by atomic mass is 9.77. The summed E-state index contributed by atoms with van der Waals surface area (Å²) in [6.45, 7) is 0. The highest BCUT2D eigenvalue weighted by molar-refractivity contribution is 7.80. The number of rotatable bonds is 2.